The molecule has 0 bridgehead atoms. The van der Waals surface area contributed by atoms with Crippen molar-refractivity contribution in [3.8, 4) is 28.3 Å². The topological polar surface area (TPSA) is 61.8 Å². The predicted molar refractivity (Wildman–Crippen MR) is 91.4 cm³/mol. The normalized spacial score (nSPS) is 11.8. The second-order valence-corrected chi connectivity index (χ2v) is 5.78. The molecule has 0 saturated carbocycles. The van der Waals surface area contributed by atoms with Crippen LogP contribution in [0, 0.1) is 0 Å². The Labute approximate surface area is 145 Å². The summed E-state index contributed by atoms with van der Waals surface area (Å²) in [6.07, 6.45) is -2.79. The number of hydrogen-bond acceptors (Lipinski definition) is 3. The van der Waals surface area contributed by atoms with Crippen LogP contribution in [-0.4, -0.2) is 20.3 Å². The minimum absolute atomic E-state index is 0.0192. The predicted octanol–water partition coefficient (Wildman–Crippen LogP) is 5.02. The first-order valence-corrected chi connectivity index (χ1v) is 7.73. The molecule has 0 aliphatic rings. The van der Waals surface area contributed by atoms with E-state index in [9.17, 15) is 18.3 Å². The van der Waals surface area contributed by atoms with E-state index < -0.39 is 11.7 Å². The number of phenolic OH excluding ortho intramolecular Hbond substituents is 1. The van der Waals surface area contributed by atoms with E-state index in [1.807, 2.05) is 12.1 Å². The molecule has 2 N–H and O–H groups in total. The lowest BCUT2D eigenvalue weighted by atomic mass is 10.0. The molecule has 0 aliphatic carbocycles. The molecule has 0 amide bonds. The highest BCUT2D eigenvalue weighted by Crippen LogP contribution is 2.35. The molecule has 0 spiro atoms. The van der Waals surface area contributed by atoms with Crippen molar-refractivity contribution in [3.63, 3.8) is 0 Å². The lowest BCUT2D eigenvalue weighted by Gasteiger charge is -2.06. The summed E-state index contributed by atoms with van der Waals surface area (Å²) in [5.41, 5.74) is 1.84. The molecule has 0 aliphatic heterocycles. The lowest BCUT2D eigenvalue weighted by molar-refractivity contribution is -0.137. The molecule has 4 aromatic rings. The minimum Gasteiger partial charge on any atom is -0.505 e. The quantitative estimate of drug-likeness (QED) is 0.531. The highest BCUT2D eigenvalue weighted by atomic mass is 19.4. The highest BCUT2D eigenvalue weighted by molar-refractivity contribution is 5.91. The number of nitrogens with zero attached hydrogens (tertiary/aromatic N) is 2. The molecule has 2 heterocycles. The van der Waals surface area contributed by atoms with Gasteiger partial charge in [-0.25, -0.2) is 0 Å². The number of fused-ring (bicyclic) bond motifs is 1. The van der Waals surface area contributed by atoms with Crippen molar-refractivity contribution in [2.24, 2.45) is 0 Å². The summed E-state index contributed by atoms with van der Waals surface area (Å²) in [6.45, 7) is 0. The van der Waals surface area contributed by atoms with Gasteiger partial charge in [-0.3, -0.25) is 10.1 Å². The Kier molecular flexibility index (Phi) is 3.64. The average Bonchev–Trinajstić information content (AvgIpc) is 3.11. The van der Waals surface area contributed by atoms with Crippen molar-refractivity contribution < 1.29 is 18.3 Å². The Morgan fingerprint density at radius 2 is 1.73 bits per heavy atom. The minimum atomic E-state index is -4.38. The van der Waals surface area contributed by atoms with E-state index in [1.165, 1.54) is 12.1 Å². The third-order valence-electron chi connectivity index (χ3n) is 4.12. The number of aromatic amines is 1. The van der Waals surface area contributed by atoms with Gasteiger partial charge in [0.05, 0.1) is 17.0 Å². The molecule has 0 radical (unpaired) electrons. The van der Waals surface area contributed by atoms with E-state index in [1.54, 1.807) is 24.4 Å². The molecule has 0 fully saturated rings. The molecule has 0 saturated heterocycles. The maximum absolute atomic E-state index is 12.7. The smallest absolute Gasteiger partial charge is 0.416 e. The van der Waals surface area contributed by atoms with E-state index in [4.69, 9.17) is 0 Å². The maximum atomic E-state index is 12.7. The number of aromatic nitrogens is 3. The van der Waals surface area contributed by atoms with Crippen molar-refractivity contribution in [1.29, 1.82) is 0 Å². The molecular formula is C19H12F3N3O. The van der Waals surface area contributed by atoms with Crippen LogP contribution < -0.4 is 0 Å². The van der Waals surface area contributed by atoms with Crippen molar-refractivity contribution in [2.75, 3.05) is 0 Å². The second kappa shape index (κ2) is 5.87. The summed E-state index contributed by atoms with van der Waals surface area (Å²) < 4.78 is 38.0. The van der Waals surface area contributed by atoms with Crippen LogP contribution in [0.25, 0.3) is 33.4 Å². The Balaban J connectivity index is 1.72. The lowest BCUT2D eigenvalue weighted by Crippen LogP contribution is -2.03. The largest absolute Gasteiger partial charge is 0.505 e. The van der Waals surface area contributed by atoms with E-state index in [0.717, 1.165) is 17.5 Å². The van der Waals surface area contributed by atoms with Crippen LogP contribution in [0.2, 0.25) is 0 Å². The maximum Gasteiger partial charge on any atom is 0.416 e. The van der Waals surface area contributed by atoms with Crippen molar-refractivity contribution in [3.05, 3.63) is 66.4 Å². The summed E-state index contributed by atoms with van der Waals surface area (Å²) in [6, 6.07) is 13.6. The van der Waals surface area contributed by atoms with Crippen LogP contribution in [0.1, 0.15) is 5.56 Å². The average molecular weight is 355 g/mol. The Hall–Kier alpha value is -3.35. The SMILES string of the molecule is Oc1c(-c2cc(-c3ccc(C(F)(F)F)cc3)n[nH]2)ccc2cccnc12. The van der Waals surface area contributed by atoms with E-state index in [-0.39, 0.29) is 5.75 Å². The number of nitrogens with one attached hydrogen (secondary N) is 1. The standard InChI is InChI=1S/C19H12F3N3O/c20-19(21,22)13-6-3-11(4-7-13)15-10-16(25-24-15)14-8-5-12-2-1-9-23-17(12)18(14)26/h1-10,26H,(H,24,25). The van der Waals surface area contributed by atoms with Gasteiger partial charge in [-0.2, -0.15) is 18.3 Å². The Morgan fingerprint density at radius 3 is 2.46 bits per heavy atom. The van der Waals surface area contributed by atoms with Gasteiger partial charge in [0.15, 0.2) is 5.75 Å². The number of pyridine rings is 1. The van der Waals surface area contributed by atoms with Gasteiger partial charge in [0, 0.05) is 22.7 Å². The number of hydrogen-bond donors (Lipinski definition) is 2. The Morgan fingerprint density at radius 1 is 0.962 bits per heavy atom. The first-order chi connectivity index (χ1) is 12.4. The van der Waals surface area contributed by atoms with Gasteiger partial charge in [0.1, 0.15) is 5.52 Å². The highest BCUT2D eigenvalue weighted by Gasteiger charge is 2.30. The third kappa shape index (κ3) is 2.77. The number of phenols is 1. The molecule has 0 atom stereocenters. The molecule has 0 unspecified atom stereocenters. The fraction of sp³-hybridized carbons (Fsp3) is 0.0526. The zero-order chi connectivity index (χ0) is 18.3. The van der Waals surface area contributed by atoms with Crippen LogP contribution >= 0.6 is 0 Å². The monoisotopic (exact) mass is 355 g/mol. The fourth-order valence-corrected chi connectivity index (χ4v) is 2.78. The molecule has 26 heavy (non-hydrogen) atoms. The molecule has 4 nitrogen and oxygen atoms in total. The van der Waals surface area contributed by atoms with E-state index >= 15 is 0 Å². The number of halogens is 3. The van der Waals surface area contributed by atoms with Crippen molar-refractivity contribution in [1.82, 2.24) is 15.2 Å². The zero-order valence-corrected chi connectivity index (χ0v) is 13.2. The summed E-state index contributed by atoms with van der Waals surface area (Å²) in [5, 5.41) is 18.2. The molecule has 130 valence electrons. The zero-order valence-electron chi connectivity index (χ0n) is 13.2. The van der Waals surface area contributed by atoms with Gasteiger partial charge < -0.3 is 5.11 Å². The van der Waals surface area contributed by atoms with Crippen molar-refractivity contribution >= 4 is 10.9 Å². The van der Waals surface area contributed by atoms with Gasteiger partial charge in [0.25, 0.3) is 0 Å². The van der Waals surface area contributed by atoms with Gasteiger partial charge in [-0.1, -0.05) is 24.3 Å². The van der Waals surface area contributed by atoms with Gasteiger partial charge in [-0.05, 0) is 30.3 Å². The first-order valence-electron chi connectivity index (χ1n) is 7.73. The van der Waals surface area contributed by atoms with Crippen LogP contribution in [0.3, 0.4) is 0 Å². The number of H-pyrrole nitrogens is 1. The molecule has 7 heteroatoms. The summed E-state index contributed by atoms with van der Waals surface area (Å²) in [7, 11) is 0. The number of aromatic hydroxyl groups is 1. The number of alkyl halides is 3. The first kappa shape index (κ1) is 16.1. The Bertz CT molecular complexity index is 1090. The molecule has 2 aromatic heterocycles. The van der Waals surface area contributed by atoms with Crippen LogP contribution in [0.15, 0.2) is 60.8 Å². The van der Waals surface area contributed by atoms with E-state index in [2.05, 4.69) is 15.2 Å². The van der Waals surface area contributed by atoms with Crippen LogP contribution in [0.5, 0.6) is 5.75 Å². The molecule has 2 aromatic carbocycles. The van der Waals surface area contributed by atoms with Crippen LogP contribution in [-0.2, 0) is 6.18 Å². The number of rotatable bonds is 2. The fourth-order valence-electron chi connectivity index (χ4n) is 2.78. The second-order valence-electron chi connectivity index (χ2n) is 5.78. The van der Waals surface area contributed by atoms with Crippen LogP contribution in [0.4, 0.5) is 13.2 Å². The molecule has 4 rings (SSSR count). The summed E-state index contributed by atoms with van der Waals surface area (Å²) in [4.78, 5) is 4.17. The molecular weight excluding hydrogens is 343 g/mol. The summed E-state index contributed by atoms with van der Waals surface area (Å²) >= 11 is 0. The number of benzene rings is 2. The van der Waals surface area contributed by atoms with Crippen molar-refractivity contribution in [2.45, 2.75) is 6.18 Å². The van der Waals surface area contributed by atoms with Gasteiger partial charge in [-0.15, -0.1) is 0 Å². The summed E-state index contributed by atoms with van der Waals surface area (Å²) in [5.74, 6) is 0.0192. The van der Waals surface area contributed by atoms with E-state index in [0.29, 0.717) is 28.0 Å². The van der Waals surface area contributed by atoms with Gasteiger partial charge >= 0.3 is 6.18 Å². The third-order valence-corrected chi connectivity index (χ3v) is 4.12. The van der Waals surface area contributed by atoms with Gasteiger partial charge in [0.2, 0.25) is 0 Å².